The van der Waals surface area contributed by atoms with Crippen molar-refractivity contribution in [3.63, 3.8) is 0 Å². The third-order valence-electron chi connectivity index (χ3n) is 3.37. The van der Waals surface area contributed by atoms with Crippen LogP contribution in [0.2, 0.25) is 5.02 Å². The first-order valence-electron chi connectivity index (χ1n) is 6.26. The summed E-state index contributed by atoms with van der Waals surface area (Å²) in [5.41, 5.74) is 1.15. The highest BCUT2D eigenvalue weighted by atomic mass is 35.5. The molecule has 1 fully saturated rings. The lowest BCUT2D eigenvalue weighted by Crippen LogP contribution is -2.08. The Morgan fingerprint density at radius 2 is 2.20 bits per heavy atom. The summed E-state index contributed by atoms with van der Waals surface area (Å²) in [6.45, 7) is 0. The molecule has 1 N–H and O–H groups in total. The SMILES string of the molecule is O=[N+]([O-])c1cccnc1NC1CC1c1cccc(Cl)c1. The van der Waals surface area contributed by atoms with Crippen LogP contribution in [0, 0.1) is 10.1 Å². The molecule has 0 radical (unpaired) electrons. The number of benzene rings is 1. The number of nitro groups is 1. The maximum atomic E-state index is 10.9. The predicted molar refractivity (Wildman–Crippen MR) is 77.1 cm³/mol. The van der Waals surface area contributed by atoms with Crippen molar-refractivity contribution in [2.24, 2.45) is 0 Å². The average molecular weight is 290 g/mol. The van der Waals surface area contributed by atoms with Crippen molar-refractivity contribution in [2.45, 2.75) is 18.4 Å². The molecule has 2 aromatic rings. The standard InChI is InChI=1S/C14H12ClN3O2/c15-10-4-1-3-9(7-10)11-8-12(11)17-14-13(18(19)20)5-2-6-16-14/h1-7,11-12H,8H2,(H,16,17). The van der Waals surface area contributed by atoms with Crippen LogP contribution in [0.1, 0.15) is 17.9 Å². The Morgan fingerprint density at radius 1 is 1.35 bits per heavy atom. The Balaban J connectivity index is 1.74. The normalized spacial score (nSPS) is 20.4. The lowest BCUT2D eigenvalue weighted by Gasteiger charge is -2.05. The van der Waals surface area contributed by atoms with Crippen molar-refractivity contribution in [2.75, 3.05) is 5.32 Å². The topological polar surface area (TPSA) is 68.1 Å². The molecule has 1 aromatic carbocycles. The van der Waals surface area contributed by atoms with Crippen LogP contribution >= 0.6 is 11.6 Å². The van der Waals surface area contributed by atoms with E-state index in [0.717, 1.165) is 12.0 Å². The van der Waals surface area contributed by atoms with Crippen molar-refractivity contribution in [1.29, 1.82) is 0 Å². The van der Waals surface area contributed by atoms with E-state index in [1.807, 2.05) is 24.3 Å². The van der Waals surface area contributed by atoms with Crippen molar-refractivity contribution in [3.05, 3.63) is 63.3 Å². The Morgan fingerprint density at radius 3 is 2.95 bits per heavy atom. The van der Waals surface area contributed by atoms with Gasteiger partial charge in [-0.05, 0) is 30.2 Å². The highest BCUT2D eigenvalue weighted by molar-refractivity contribution is 6.30. The number of nitrogens with one attached hydrogen (secondary N) is 1. The van der Waals surface area contributed by atoms with Gasteiger partial charge in [0.05, 0.1) is 4.92 Å². The molecule has 0 bridgehead atoms. The van der Waals surface area contributed by atoms with Crippen LogP contribution < -0.4 is 5.32 Å². The first-order chi connectivity index (χ1) is 9.65. The van der Waals surface area contributed by atoms with Crippen LogP contribution in [-0.4, -0.2) is 15.9 Å². The summed E-state index contributed by atoms with van der Waals surface area (Å²) in [6.07, 6.45) is 2.47. The number of pyridine rings is 1. The van der Waals surface area contributed by atoms with Gasteiger partial charge in [0.25, 0.3) is 0 Å². The Hall–Kier alpha value is -2.14. The van der Waals surface area contributed by atoms with Gasteiger partial charge >= 0.3 is 5.69 Å². The highest BCUT2D eigenvalue weighted by Gasteiger charge is 2.39. The van der Waals surface area contributed by atoms with Crippen molar-refractivity contribution in [3.8, 4) is 0 Å². The first-order valence-corrected chi connectivity index (χ1v) is 6.64. The maximum Gasteiger partial charge on any atom is 0.311 e. The number of hydrogen-bond acceptors (Lipinski definition) is 4. The molecule has 6 heteroatoms. The third-order valence-corrected chi connectivity index (χ3v) is 3.61. The van der Waals surface area contributed by atoms with Gasteiger partial charge in [0.15, 0.2) is 0 Å². The van der Waals surface area contributed by atoms with Gasteiger partial charge in [-0.3, -0.25) is 10.1 Å². The minimum Gasteiger partial charge on any atom is -0.361 e. The van der Waals surface area contributed by atoms with Gasteiger partial charge in [0.1, 0.15) is 0 Å². The zero-order valence-corrected chi connectivity index (χ0v) is 11.2. The van der Waals surface area contributed by atoms with E-state index in [0.29, 0.717) is 16.8 Å². The van der Waals surface area contributed by atoms with E-state index < -0.39 is 4.92 Å². The largest absolute Gasteiger partial charge is 0.361 e. The minimum absolute atomic E-state index is 0.00393. The lowest BCUT2D eigenvalue weighted by molar-refractivity contribution is -0.384. The highest BCUT2D eigenvalue weighted by Crippen LogP contribution is 2.44. The number of aromatic nitrogens is 1. The molecule has 2 atom stereocenters. The third kappa shape index (κ3) is 2.58. The average Bonchev–Trinajstić information content (AvgIpc) is 3.18. The van der Waals surface area contributed by atoms with Crippen molar-refractivity contribution in [1.82, 2.24) is 4.98 Å². The van der Waals surface area contributed by atoms with E-state index in [-0.39, 0.29) is 11.7 Å². The Labute approximate surface area is 120 Å². The van der Waals surface area contributed by atoms with E-state index in [1.54, 1.807) is 12.3 Å². The Bertz CT molecular complexity index is 662. The van der Waals surface area contributed by atoms with Crippen LogP contribution in [-0.2, 0) is 0 Å². The molecule has 1 heterocycles. The van der Waals surface area contributed by atoms with Crippen LogP contribution in [0.3, 0.4) is 0 Å². The van der Waals surface area contributed by atoms with E-state index >= 15 is 0 Å². The van der Waals surface area contributed by atoms with Crippen molar-refractivity contribution >= 4 is 23.1 Å². The molecule has 1 aliphatic rings. The molecule has 102 valence electrons. The van der Waals surface area contributed by atoms with Crippen LogP contribution in [0.15, 0.2) is 42.6 Å². The fourth-order valence-electron chi connectivity index (χ4n) is 2.29. The molecule has 3 rings (SSSR count). The van der Waals surface area contributed by atoms with Gasteiger partial charge in [0, 0.05) is 29.2 Å². The van der Waals surface area contributed by atoms with E-state index in [4.69, 9.17) is 11.6 Å². The number of halogens is 1. The molecule has 1 aliphatic carbocycles. The Kier molecular flexibility index (Phi) is 3.28. The monoisotopic (exact) mass is 289 g/mol. The van der Waals surface area contributed by atoms with Gasteiger partial charge in [-0.25, -0.2) is 4.98 Å². The molecule has 20 heavy (non-hydrogen) atoms. The zero-order valence-electron chi connectivity index (χ0n) is 10.5. The fraction of sp³-hybridized carbons (Fsp3) is 0.214. The van der Waals surface area contributed by atoms with Crippen LogP contribution in [0.5, 0.6) is 0 Å². The summed E-state index contributed by atoms with van der Waals surface area (Å²) in [5, 5.41) is 14.8. The molecule has 1 saturated carbocycles. The summed E-state index contributed by atoms with van der Waals surface area (Å²) in [5.74, 6) is 0.655. The fourth-order valence-corrected chi connectivity index (χ4v) is 2.49. The molecule has 0 saturated heterocycles. The second-order valence-electron chi connectivity index (χ2n) is 4.78. The quantitative estimate of drug-likeness (QED) is 0.689. The van der Waals surface area contributed by atoms with Crippen molar-refractivity contribution < 1.29 is 4.92 Å². The second kappa shape index (κ2) is 5.09. The molecule has 0 spiro atoms. The summed E-state index contributed by atoms with van der Waals surface area (Å²) in [6, 6.07) is 10.9. The lowest BCUT2D eigenvalue weighted by atomic mass is 10.1. The number of anilines is 1. The van der Waals surface area contributed by atoms with E-state index in [1.165, 1.54) is 6.07 Å². The number of rotatable bonds is 4. The molecule has 2 unspecified atom stereocenters. The predicted octanol–water partition coefficient (Wildman–Crippen LogP) is 3.61. The molecular weight excluding hydrogens is 278 g/mol. The summed E-state index contributed by atoms with van der Waals surface area (Å²) < 4.78 is 0. The molecule has 0 amide bonds. The number of nitrogens with zero attached hydrogens (tertiary/aromatic N) is 2. The zero-order chi connectivity index (χ0) is 14.1. The summed E-state index contributed by atoms with van der Waals surface area (Å²) >= 11 is 5.97. The van der Waals surface area contributed by atoms with Gasteiger partial charge in [-0.15, -0.1) is 0 Å². The minimum atomic E-state index is -0.424. The van der Waals surface area contributed by atoms with Gasteiger partial charge < -0.3 is 5.32 Å². The number of hydrogen-bond donors (Lipinski definition) is 1. The van der Waals surface area contributed by atoms with Gasteiger partial charge in [-0.1, -0.05) is 23.7 Å². The summed E-state index contributed by atoms with van der Waals surface area (Å²) in [7, 11) is 0. The molecule has 1 aromatic heterocycles. The molecular formula is C14H12ClN3O2. The summed E-state index contributed by atoms with van der Waals surface area (Å²) in [4.78, 5) is 14.6. The van der Waals surface area contributed by atoms with Crippen LogP contribution in [0.4, 0.5) is 11.5 Å². The maximum absolute atomic E-state index is 10.9. The molecule has 0 aliphatic heterocycles. The van der Waals surface area contributed by atoms with E-state index in [2.05, 4.69) is 10.3 Å². The first kappa shape index (κ1) is 12.9. The van der Waals surface area contributed by atoms with E-state index in [9.17, 15) is 10.1 Å². The van der Waals surface area contributed by atoms with Gasteiger partial charge in [-0.2, -0.15) is 0 Å². The second-order valence-corrected chi connectivity index (χ2v) is 5.21. The molecule has 5 nitrogen and oxygen atoms in total. The van der Waals surface area contributed by atoms with Gasteiger partial charge in [0.2, 0.25) is 5.82 Å². The smallest absolute Gasteiger partial charge is 0.311 e. The van der Waals surface area contributed by atoms with Crippen LogP contribution in [0.25, 0.3) is 0 Å².